The van der Waals surface area contributed by atoms with E-state index in [0.717, 1.165) is 21.9 Å². The quantitative estimate of drug-likeness (QED) is 0.308. The zero-order valence-corrected chi connectivity index (χ0v) is 20.0. The minimum absolute atomic E-state index is 0.144. The molecule has 4 aromatic rings. The zero-order valence-electron chi connectivity index (χ0n) is 20.0. The summed E-state index contributed by atoms with van der Waals surface area (Å²) in [6.07, 6.45) is 4.90. The fraction of sp³-hybridized carbons (Fsp3) is 0.240. The minimum Gasteiger partial charge on any atom is -0.478 e. The molecule has 36 heavy (non-hydrogen) atoms. The number of aromatic nitrogens is 4. The Morgan fingerprint density at radius 3 is 2.69 bits per heavy atom. The van der Waals surface area contributed by atoms with E-state index in [9.17, 15) is 9.59 Å². The molecule has 0 saturated carbocycles. The molecule has 186 valence electrons. The van der Waals surface area contributed by atoms with E-state index in [1.54, 1.807) is 29.3 Å². The molecule has 0 aliphatic rings. The van der Waals surface area contributed by atoms with Crippen LogP contribution in [0.4, 0.5) is 11.6 Å². The third kappa shape index (κ3) is 5.94. The molecule has 0 bridgehead atoms. The van der Waals surface area contributed by atoms with Gasteiger partial charge in [0.05, 0.1) is 13.2 Å². The molecule has 0 saturated heterocycles. The number of amides is 2. The van der Waals surface area contributed by atoms with Crippen LogP contribution in [0.25, 0.3) is 10.8 Å². The van der Waals surface area contributed by atoms with Gasteiger partial charge in [0.25, 0.3) is 11.8 Å². The molecule has 1 aromatic carbocycles. The highest BCUT2D eigenvalue weighted by Gasteiger charge is 2.19. The van der Waals surface area contributed by atoms with E-state index in [2.05, 4.69) is 25.7 Å². The van der Waals surface area contributed by atoms with E-state index in [1.807, 2.05) is 37.3 Å². The summed E-state index contributed by atoms with van der Waals surface area (Å²) in [6, 6.07) is 11.2. The minimum atomic E-state index is -0.416. The highest BCUT2D eigenvalue weighted by atomic mass is 16.5. The molecule has 0 aliphatic heterocycles. The fourth-order valence-corrected chi connectivity index (χ4v) is 3.62. The van der Waals surface area contributed by atoms with Gasteiger partial charge < -0.3 is 25.8 Å². The molecule has 0 fully saturated rings. The van der Waals surface area contributed by atoms with Gasteiger partial charge in [-0.2, -0.15) is 5.10 Å². The van der Waals surface area contributed by atoms with E-state index in [-0.39, 0.29) is 30.4 Å². The Morgan fingerprint density at radius 1 is 1.11 bits per heavy atom. The molecule has 4 rings (SSSR count). The van der Waals surface area contributed by atoms with Gasteiger partial charge in [-0.15, -0.1) is 0 Å². The molecule has 0 unspecified atom stereocenters. The normalized spacial score (nSPS) is 10.8. The number of rotatable bonds is 10. The topological polar surface area (TPSA) is 146 Å². The Hall–Kier alpha value is -4.51. The molecule has 0 radical (unpaired) electrons. The second-order valence-corrected chi connectivity index (χ2v) is 7.94. The Morgan fingerprint density at radius 2 is 1.94 bits per heavy atom. The van der Waals surface area contributed by atoms with Crippen LogP contribution in [0.3, 0.4) is 0 Å². The van der Waals surface area contributed by atoms with Crippen LogP contribution in [0.5, 0.6) is 5.88 Å². The van der Waals surface area contributed by atoms with Crippen molar-refractivity contribution in [2.75, 3.05) is 31.4 Å². The number of nitrogens with two attached hydrogens (primary N) is 1. The third-order valence-electron chi connectivity index (χ3n) is 5.29. The van der Waals surface area contributed by atoms with Gasteiger partial charge in [-0.25, -0.2) is 9.97 Å². The molecule has 11 nitrogen and oxygen atoms in total. The van der Waals surface area contributed by atoms with Gasteiger partial charge >= 0.3 is 0 Å². The number of pyridine rings is 2. The number of benzene rings is 1. The first-order chi connectivity index (χ1) is 17.5. The predicted molar refractivity (Wildman–Crippen MR) is 135 cm³/mol. The summed E-state index contributed by atoms with van der Waals surface area (Å²) in [6.45, 7) is 2.87. The van der Waals surface area contributed by atoms with Crippen molar-refractivity contribution in [2.45, 2.75) is 20.0 Å². The highest BCUT2D eigenvalue weighted by molar-refractivity contribution is 6.02. The molecule has 3 heterocycles. The average molecular weight is 490 g/mol. The molecule has 2 amide bonds. The van der Waals surface area contributed by atoms with Gasteiger partial charge in [0.2, 0.25) is 5.88 Å². The zero-order chi connectivity index (χ0) is 25.5. The van der Waals surface area contributed by atoms with Crippen molar-refractivity contribution < 1.29 is 19.1 Å². The molecule has 0 atom stereocenters. The number of nitrogens with zero attached hydrogens (tertiary/aromatic N) is 4. The summed E-state index contributed by atoms with van der Waals surface area (Å²) in [7, 11) is 1.41. The monoisotopic (exact) mass is 489 g/mol. The Kier molecular flexibility index (Phi) is 7.71. The van der Waals surface area contributed by atoms with E-state index in [0.29, 0.717) is 24.8 Å². The third-order valence-corrected chi connectivity index (χ3v) is 5.29. The fourth-order valence-electron chi connectivity index (χ4n) is 3.62. The second-order valence-electron chi connectivity index (χ2n) is 7.94. The molecule has 11 heteroatoms. The van der Waals surface area contributed by atoms with Crippen LogP contribution in [0.2, 0.25) is 0 Å². The van der Waals surface area contributed by atoms with Gasteiger partial charge in [0.15, 0.2) is 5.82 Å². The van der Waals surface area contributed by atoms with Crippen molar-refractivity contribution in [1.82, 2.24) is 25.1 Å². The molecule has 3 aromatic heterocycles. The first-order valence-corrected chi connectivity index (χ1v) is 11.3. The first-order valence-electron chi connectivity index (χ1n) is 11.3. The highest BCUT2D eigenvalue weighted by Crippen LogP contribution is 2.20. The summed E-state index contributed by atoms with van der Waals surface area (Å²) in [4.78, 5) is 33.5. The maximum atomic E-state index is 13.1. The number of nitrogens with one attached hydrogen (secondary N) is 2. The smallest absolute Gasteiger partial charge is 0.256 e. The average Bonchev–Trinajstić information content (AvgIpc) is 3.26. The van der Waals surface area contributed by atoms with E-state index in [4.69, 9.17) is 15.2 Å². The van der Waals surface area contributed by atoms with Gasteiger partial charge in [-0.05, 0) is 35.6 Å². The molecular weight excluding hydrogens is 462 g/mol. The van der Waals surface area contributed by atoms with Gasteiger partial charge in [0, 0.05) is 43.7 Å². The second kappa shape index (κ2) is 11.3. The van der Waals surface area contributed by atoms with Crippen molar-refractivity contribution >= 4 is 34.2 Å². The van der Waals surface area contributed by atoms with E-state index < -0.39 is 5.91 Å². The lowest BCUT2D eigenvalue weighted by atomic mass is 10.1. The Bertz CT molecular complexity index is 1370. The van der Waals surface area contributed by atoms with Gasteiger partial charge in [-0.1, -0.05) is 18.2 Å². The van der Waals surface area contributed by atoms with Crippen molar-refractivity contribution in [2.24, 2.45) is 0 Å². The first kappa shape index (κ1) is 24.6. The number of anilines is 2. The summed E-state index contributed by atoms with van der Waals surface area (Å²) in [5.74, 6) is 0.329. The van der Waals surface area contributed by atoms with Crippen LogP contribution < -0.4 is 21.1 Å². The van der Waals surface area contributed by atoms with E-state index in [1.165, 1.54) is 7.11 Å². The predicted octanol–water partition coefficient (Wildman–Crippen LogP) is 2.37. The van der Waals surface area contributed by atoms with Crippen LogP contribution in [0.1, 0.15) is 28.4 Å². The number of ether oxygens (including phenoxy) is 2. The number of hydrogen-bond donors (Lipinski definition) is 3. The molecule has 0 aliphatic carbocycles. The van der Waals surface area contributed by atoms with Crippen molar-refractivity contribution in [3.8, 4) is 5.88 Å². The number of carbonyl (C=O) groups is 2. The van der Waals surface area contributed by atoms with Gasteiger partial charge in [0.1, 0.15) is 18.0 Å². The summed E-state index contributed by atoms with van der Waals surface area (Å²) >= 11 is 0. The van der Waals surface area contributed by atoms with Crippen molar-refractivity contribution in [3.63, 3.8) is 0 Å². The lowest BCUT2D eigenvalue weighted by Gasteiger charge is -2.08. The SMILES string of the molecule is CCOc1ccc(Cn2cc(C(=O)NCc3ccc4c(N)nccc4c3)c(NC(=O)COC)n2)cn1. The molecule has 0 spiro atoms. The Balaban J connectivity index is 1.51. The van der Waals surface area contributed by atoms with Crippen molar-refractivity contribution in [3.05, 3.63) is 71.7 Å². The lowest BCUT2D eigenvalue weighted by Crippen LogP contribution is -2.25. The maximum absolute atomic E-state index is 13.1. The molecule has 4 N–H and O–H groups in total. The lowest BCUT2D eigenvalue weighted by molar-refractivity contribution is -0.119. The number of hydrogen-bond acceptors (Lipinski definition) is 8. The summed E-state index contributed by atoms with van der Waals surface area (Å²) < 4.78 is 11.8. The van der Waals surface area contributed by atoms with Crippen LogP contribution >= 0.6 is 0 Å². The Labute approximate surface area is 207 Å². The molecular formula is C25H27N7O4. The summed E-state index contributed by atoms with van der Waals surface area (Å²) in [5.41, 5.74) is 7.89. The van der Waals surface area contributed by atoms with Crippen LogP contribution in [-0.2, 0) is 22.6 Å². The van der Waals surface area contributed by atoms with E-state index >= 15 is 0 Å². The summed E-state index contributed by atoms with van der Waals surface area (Å²) in [5, 5.41) is 11.7. The van der Waals surface area contributed by atoms with Gasteiger partial charge in [-0.3, -0.25) is 14.3 Å². The number of nitrogen functional groups attached to an aromatic ring is 1. The van der Waals surface area contributed by atoms with Crippen LogP contribution in [0.15, 0.2) is 55.0 Å². The van der Waals surface area contributed by atoms with Crippen LogP contribution in [0, 0.1) is 0 Å². The number of carbonyl (C=O) groups excluding carboxylic acids is 2. The number of methoxy groups -OCH3 is 1. The van der Waals surface area contributed by atoms with Crippen molar-refractivity contribution in [1.29, 1.82) is 0 Å². The van der Waals surface area contributed by atoms with Crippen LogP contribution in [-0.4, -0.2) is 51.9 Å². The maximum Gasteiger partial charge on any atom is 0.256 e. The standard InChI is InChI=1S/C25H27N7O4/c1-3-36-22-7-5-17(12-28-22)13-32-14-20(24(31-32)30-21(33)15-35-2)25(34)29-11-16-4-6-19-18(10-16)8-9-27-23(19)26/h4-10,12,14H,3,11,13,15H2,1-2H3,(H2,26,27)(H,29,34)(H,30,31,33). The largest absolute Gasteiger partial charge is 0.478 e. The number of fused-ring (bicyclic) bond motifs is 1.